The highest BCUT2D eigenvalue weighted by Crippen LogP contribution is 2.31. The van der Waals surface area contributed by atoms with E-state index in [2.05, 4.69) is 0 Å². The van der Waals surface area contributed by atoms with Crippen molar-refractivity contribution in [2.24, 2.45) is 0 Å². The zero-order chi connectivity index (χ0) is 16.8. The Labute approximate surface area is 144 Å². The first-order chi connectivity index (χ1) is 11.0. The molecule has 1 heterocycles. The summed E-state index contributed by atoms with van der Waals surface area (Å²) >= 11 is 12.0. The summed E-state index contributed by atoms with van der Waals surface area (Å²) in [6.45, 7) is 1.25. The van der Waals surface area contributed by atoms with Crippen LogP contribution in [0.25, 0.3) is 0 Å². The topological polar surface area (TPSA) is 79.2 Å². The molecule has 8 heteroatoms. The van der Waals surface area contributed by atoms with Crippen molar-refractivity contribution >= 4 is 29.3 Å². The van der Waals surface area contributed by atoms with Crippen molar-refractivity contribution in [2.45, 2.75) is 12.0 Å². The summed E-state index contributed by atoms with van der Waals surface area (Å²) in [5.74, 6) is -0.234. The first kappa shape index (κ1) is 18.3. The Morgan fingerprint density at radius 2 is 2.17 bits per heavy atom. The molecule has 23 heavy (non-hydrogen) atoms. The number of amides is 1. The van der Waals surface area contributed by atoms with E-state index in [-0.39, 0.29) is 45.0 Å². The highest BCUT2D eigenvalue weighted by atomic mass is 35.5. The molecule has 128 valence electrons. The van der Waals surface area contributed by atoms with E-state index >= 15 is 0 Å². The average molecular weight is 364 g/mol. The van der Waals surface area contributed by atoms with Gasteiger partial charge >= 0.3 is 6.09 Å². The Balaban J connectivity index is 2.23. The van der Waals surface area contributed by atoms with E-state index in [1.165, 1.54) is 4.90 Å². The zero-order valence-electron chi connectivity index (χ0n) is 12.5. The monoisotopic (exact) mass is 363 g/mol. The maximum atomic E-state index is 11.3. The largest absolute Gasteiger partial charge is 0.465 e. The van der Waals surface area contributed by atoms with Gasteiger partial charge in [0.25, 0.3) is 0 Å². The molecule has 2 rings (SSSR count). The number of benzene rings is 1. The van der Waals surface area contributed by atoms with Crippen LogP contribution >= 0.6 is 23.2 Å². The van der Waals surface area contributed by atoms with Gasteiger partial charge in [-0.15, -0.1) is 0 Å². The molecule has 0 aliphatic carbocycles. The molecule has 1 unspecified atom stereocenters. The third kappa shape index (κ3) is 4.96. The third-order valence-corrected chi connectivity index (χ3v) is 4.46. The molecule has 2 N–H and O–H groups in total. The molecule has 0 saturated carbocycles. The molecular weight excluding hydrogens is 345 g/mol. The maximum absolute atomic E-state index is 11.3. The standard InChI is InChI=1S/C15H19Cl2NO5/c16-12-2-1-10(7-13(12)17)11-8-18(15(20)21)3-5-23-14(11)9-22-6-4-19/h1-2,7,11,14,19H,3-6,8-9H2,(H,20,21)/t11?,14-/m0/s1. The second-order valence-electron chi connectivity index (χ2n) is 5.22. The van der Waals surface area contributed by atoms with E-state index in [0.29, 0.717) is 16.6 Å². The van der Waals surface area contributed by atoms with Gasteiger partial charge in [-0.25, -0.2) is 4.79 Å². The summed E-state index contributed by atoms with van der Waals surface area (Å²) in [5.41, 5.74) is 0.838. The molecule has 1 aliphatic rings. The minimum atomic E-state index is -0.990. The number of aliphatic hydroxyl groups is 1. The van der Waals surface area contributed by atoms with Gasteiger partial charge < -0.3 is 24.6 Å². The Bertz CT molecular complexity index is 543. The van der Waals surface area contributed by atoms with E-state index in [4.69, 9.17) is 37.8 Å². The normalized spacial score (nSPS) is 22.0. The summed E-state index contributed by atoms with van der Waals surface area (Å²) in [6.07, 6.45) is -1.32. The Morgan fingerprint density at radius 3 is 2.83 bits per heavy atom. The SMILES string of the molecule is O=C(O)N1CCO[C@@H](COCCO)C(c2ccc(Cl)c(Cl)c2)C1. The van der Waals surface area contributed by atoms with Crippen LogP contribution in [0.2, 0.25) is 10.0 Å². The van der Waals surface area contributed by atoms with Crippen LogP contribution in [0.4, 0.5) is 4.79 Å². The lowest BCUT2D eigenvalue weighted by Crippen LogP contribution is -2.36. The molecule has 0 spiro atoms. The molecule has 0 bridgehead atoms. The van der Waals surface area contributed by atoms with Crippen LogP contribution in [-0.4, -0.2) is 66.8 Å². The molecule has 2 atom stereocenters. The van der Waals surface area contributed by atoms with Gasteiger partial charge in [0.05, 0.1) is 42.6 Å². The van der Waals surface area contributed by atoms with Crippen LogP contribution in [0.1, 0.15) is 11.5 Å². The van der Waals surface area contributed by atoms with Gasteiger partial charge in [0.15, 0.2) is 0 Å². The highest BCUT2D eigenvalue weighted by Gasteiger charge is 2.31. The van der Waals surface area contributed by atoms with E-state index in [1.807, 2.05) is 6.07 Å². The molecular formula is C15H19Cl2NO5. The minimum Gasteiger partial charge on any atom is -0.465 e. The minimum absolute atomic E-state index is 0.0780. The van der Waals surface area contributed by atoms with E-state index in [0.717, 1.165) is 5.56 Å². The van der Waals surface area contributed by atoms with Crippen LogP contribution in [0.3, 0.4) is 0 Å². The lowest BCUT2D eigenvalue weighted by atomic mass is 9.93. The number of ether oxygens (including phenoxy) is 2. The molecule has 0 aromatic heterocycles. The smallest absolute Gasteiger partial charge is 0.407 e. The first-order valence-electron chi connectivity index (χ1n) is 7.26. The van der Waals surface area contributed by atoms with Crippen molar-refractivity contribution in [3.8, 4) is 0 Å². The fourth-order valence-electron chi connectivity index (χ4n) is 2.54. The van der Waals surface area contributed by atoms with Gasteiger partial charge in [0.1, 0.15) is 0 Å². The van der Waals surface area contributed by atoms with Gasteiger partial charge in [0, 0.05) is 19.0 Å². The highest BCUT2D eigenvalue weighted by molar-refractivity contribution is 6.42. The second-order valence-corrected chi connectivity index (χ2v) is 6.03. The number of aliphatic hydroxyl groups excluding tert-OH is 1. The average Bonchev–Trinajstić information content (AvgIpc) is 2.73. The van der Waals surface area contributed by atoms with Gasteiger partial charge in [-0.3, -0.25) is 0 Å². The third-order valence-electron chi connectivity index (χ3n) is 3.72. The molecule has 0 radical (unpaired) electrons. The van der Waals surface area contributed by atoms with E-state index in [1.54, 1.807) is 12.1 Å². The van der Waals surface area contributed by atoms with Crippen LogP contribution in [0.5, 0.6) is 0 Å². The fourth-order valence-corrected chi connectivity index (χ4v) is 2.85. The van der Waals surface area contributed by atoms with E-state index in [9.17, 15) is 9.90 Å². The van der Waals surface area contributed by atoms with Crippen LogP contribution in [-0.2, 0) is 9.47 Å². The summed E-state index contributed by atoms with van der Waals surface area (Å²) in [5, 5.41) is 19.0. The van der Waals surface area contributed by atoms with Crippen LogP contribution < -0.4 is 0 Å². The maximum Gasteiger partial charge on any atom is 0.407 e. The molecule has 6 nitrogen and oxygen atoms in total. The number of carboxylic acid groups (broad SMARTS) is 1. The number of hydrogen-bond donors (Lipinski definition) is 2. The molecule has 1 aromatic rings. The number of nitrogens with zero attached hydrogens (tertiary/aromatic N) is 1. The lowest BCUT2D eigenvalue weighted by Gasteiger charge is -2.27. The van der Waals surface area contributed by atoms with Gasteiger partial charge in [-0.2, -0.15) is 0 Å². The molecule has 1 fully saturated rings. The van der Waals surface area contributed by atoms with Crippen LogP contribution in [0.15, 0.2) is 18.2 Å². The van der Waals surface area contributed by atoms with Gasteiger partial charge in [0.2, 0.25) is 0 Å². The van der Waals surface area contributed by atoms with Gasteiger partial charge in [-0.05, 0) is 17.7 Å². The van der Waals surface area contributed by atoms with Gasteiger partial charge in [-0.1, -0.05) is 29.3 Å². The summed E-state index contributed by atoms with van der Waals surface area (Å²) in [4.78, 5) is 12.6. The number of carbonyl (C=O) groups is 1. The van der Waals surface area contributed by atoms with Crippen molar-refractivity contribution in [2.75, 3.05) is 39.5 Å². The first-order valence-corrected chi connectivity index (χ1v) is 8.01. The Morgan fingerprint density at radius 1 is 1.39 bits per heavy atom. The Kier molecular flexibility index (Phi) is 6.92. The number of halogens is 2. The quantitative estimate of drug-likeness (QED) is 0.785. The lowest BCUT2D eigenvalue weighted by molar-refractivity contribution is -0.0263. The summed E-state index contributed by atoms with van der Waals surface area (Å²) < 4.78 is 11.2. The van der Waals surface area contributed by atoms with Crippen molar-refractivity contribution in [1.82, 2.24) is 4.90 Å². The number of hydrogen-bond acceptors (Lipinski definition) is 4. The van der Waals surface area contributed by atoms with Crippen molar-refractivity contribution in [3.63, 3.8) is 0 Å². The van der Waals surface area contributed by atoms with Crippen molar-refractivity contribution in [1.29, 1.82) is 0 Å². The second kappa shape index (κ2) is 8.70. The molecule has 1 aliphatic heterocycles. The molecule has 1 amide bonds. The summed E-state index contributed by atoms with van der Waals surface area (Å²) in [6, 6.07) is 5.22. The summed E-state index contributed by atoms with van der Waals surface area (Å²) in [7, 11) is 0. The fraction of sp³-hybridized carbons (Fsp3) is 0.533. The zero-order valence-corrected chi connectivity index (χ0v) is 14.0. The molecule has 1 aromatic carbocycles. The van der Waals surface area contributed by atoms with Crippen molar-refractivity contribution < 1.29 is 24.5 Å². The van der Waals surface area contributed by atoms with Crippen molar-refractivity contribution in [3.05, 3.63) is 33.8 Å². The predicted molar refractivity (Wildman–Crippen MR) is 86.4 cm³/mol. The predicted octanol–water partition coefficient (Wildman–Crippen LogP) is 2.46. The van der Waals surface area contributed by atoms with E-state index < -0.39 is 6.09 Å². The number of rotatable bonds is 5. The Hall–Kier alpha value is -1.05. The molecule has 1 saturated heterocycles. The van der Waals surface area contributed by atoms with Crippen LogP contribution in [0, 0.1) is 0 Å².